The first-order chi connectivity index (χ1) is 5.45. The number of azo groups is 1. The first kappa shape index (κ1) is 6.26. The fraction of sp³-hybridized carbons (Fsp3) is 0.600. The molecule has 6 nitrogen and oxygen atoms in total. The van der Waals surface area contributed by atoms with Gasteiger partial charge in [0.2, 0.25) is 5.96 Å². The summed E-state index contributed by atoms with van der Waals surface area (Å²) in [6.07, 6.45) is 0. The van der Waals surface area contributed by atoms with E-state index in [2.05, 4.69) is 25.5 Å². The maximum Gasteiger partial charge on any atom is 0.291 e. The second-order valence-corrected chi connectivity index (χ2v) is 2.02. The Bertz CT molecular complexity index is 243. The number of guanidine groups is 1. The molecule has 0 bridgehead atoms. The summed E-state index contributed by atoms with van der Waals surface area (Å²) >= 11 is 0. The molecule has 0 spiro atoms. The number of ether oxygens (including phenoxy) is 1. The average Bonchev–Trinajstić information content (AvgIpc) is 2.60. The summed E-state index contributed by atoms with van der Waals surface area (Å²) in [6.45, 7) is 1.73. The summed E-state index contributed by atoms with van der Waals surface area (Å²) < 4.78 is 5.07. The molecule has 0 aromatic carbocycles. The molecular weight excluding hydrogens is 146 g/mol. The van der Waals surface area contributed by atoms with Crippen LogP contribution in [0.15, 0.2) is 20.2 Å². The van der Waals surface area contributed by atoms with Gasteiger partial charge in [-0.2, -0.15) is 5.11 Å². The molecule has 6 heteroatoms. The van der Waals surface area contributed by atoms with E-state index in [1.807, 2.05) is 0 Å². The van der Waals surface area contributed by atoms with Crippen LogP contribution in [0.2, 0.25) is 0 Å². The molecule has 0 aliphatic carbocycles. The number of nitrogens with zero attached hydrogens (tertiary/aromatic N) is 4. The number of aliphatic imine (C=N–C) groups is 2. The number of hydrogen-bond donors (Lipinski definition) is 1. The van der Waals surface area contributed by atoms with E-state index in [0.717, 1.165) is 0 Å². The lowest BCUT2D eigenvalue weighted by Gasteiger charge is -1.99. The molecule has 2 heterocycles. The van der Waals surface area contributed by atoms with E-state index in [-0.39, 0.29) is 0 Å². The predicted octanol–water partition coefficient (Wildman–Crippen LogP) is -0.259. The van der Waals surface area contributed by atoms with Crippen molar-refractivity contribution in [1.82, 2.24) is 5.32 Å². The Kier molecular flexibility index (Phi) is 1.51. The molecule has 0 saturated carbocycles. The van der Waals surface area contributed by atoms with Gasteiger partial charge in [0, 0.05) is 0 Å². The van der Waals surface area contributed by atoms with E-state index in [0.29, 0.717) is 31.8 Å². The molecule has 0 aromatic rings. The molecule has 2 aliphatic heterocycles. The van der Waals surface area contributed by atoms with Crippen LogP contribution in [0.1, 0.15) is 0 Å². The Morgan fingerprint density at radius 2 is 2.36 bits per heavy atom. The third kappa shape index (κ3) is 1.34. The van der Waals surface area contributed by atoms with Gasteiger partial charge in [0.15, 0.2) is 6.67 Å². The van der Waals surface area contributed by atoms with Gasteiger partial charge in [-0.1, -0.05) is 0 Å². The molecule has 0 atom stereocenters. The van der Waals surface area contributed by atoms with E-state index in [1.165, 1.54) is 0 Å². The fourth-order valence-corrected chi connectivity index (χ4v) is 0.800. The Morgan fingerprint density at radius 3 is 3.00 bits per heavy atom. The summed E-state index contributed by atoms with van der Waals surface area (Å²) in [5.41, 5.74) is 0. The van der Waals surface area contributed by atoms with Crippen LogP contribution in [-0.4, -0.2) is 31.8 Å². The summed E-state index contributed by atoms with van der Waals surface area (Å²) in [7, 11) is 0. The SMILES string of the molecule is C1N=NC(NC2=NCCO2)=N1. The van der Waals surface area contributed by atoms with Crippen molar-refractivity contribution in [3.8, 4) is 0 Å². The average molecular weight is 153 g/mol. The monoisotopic (exact) mass is 153 g/mol. The second-order valence-electron chi connectivity index (χ2n) is 2.02. The minimum absolute atomic E-state index is 0.398. The largest absolute Gasteiger partial charge is 0.463 e. The van der Waals surface area contributed by atoms with Crippen molar-refractivity contribution in [3.05, 3.63) is 0 Å². The van der Waals surface area contributed by atoms with Crippen LogP contribution in [0, 0.1) is 0 Å². The number of amidine groups is 1. The van der Waals surface area contributed by atoms with Crippen molar-refractivity contribution >= 4 is 12.0 Å². The first-order valence-electron chi connectivity index (χ1n) is 3.31. The summed E-state index contributed by atoms with van der Waals surface area (Å²) in [4.78, 5) is 7.91. The molecule has 1 N–H and O–H groups in total. The van der Waals surface area contributed by atoms with Crippen LogP contribution in [0.5, 0.6) is 0 Å². The van der Waals surface area contributed by atoms with Gasteiger partial charge < -0.3 is 4.74 Å². The Labute approximate surface area is 63.1 Å². The van der Waals surface area contributed by atoms with Crippen molar-refractivity contribution < 1.29 is 4.74 Å². The highest BCUT2D eigenvalue weighted by Gasteiger charge is 2.10. The van der Waals surface area contributed by atoms with Gasteiger partial charge in [-0.3, -0.25) is 5.32 Å². The topological polar surface area (TPSA) is 70.7 Å². The lowest BCUT2D eigenvalue weighted by atomic mass is 10.8. The Hall–Kier alpha value is -1.46. The lowest BCUT2D eigenvalue weighted by molar-refractivity contribution is 0.338. The van der Waals surface area contributed by atoms with Crippen LogP contribution >= 0.6 is 0 Å². The van der Waals surface area contributed by atoms with Gasteiger partial charge in [0.1, 0.15) is 6.61 Å². The molecule has 2 rings (SSSR count). The van der Waals surface area contributed by atoms with Crippen molar-refractivity contribution in [3.63, 3.8) is 0 Å². The molecule has 58 valence electrons. The normalized spacial score (nSPS) is 21.1. The van der Waals surface area contributed by atoms with Crippen molar-refractivity contribution in [1.29, 1.82) is 0 Å². The van der Waals surface area contributed by atoms with Crippen molar-refractivity contribution in [2.75, 3.05) is 19.8 Å². The summed E-state index contributed by atoms with van der Waals surface area (Å²) in [5.74, 6) is 0.477. The van der Waals surface area contributed by atoms with E-state index in [9.17, 15) is 0 Å². The van der Waals surface area contributed by atoms with Crippen molar-refractivity contribution in [2.24, 2.45) is 20.2 Å². The predicted molar refractivity (Wildman–Crippen MR) is 38.5 cm³/mol. The van der Waals surface area contributed by atoms with Crippen molar-refractivity contribution in [2.45, 2.75) is 0 Å². The van der Waals surface area contributed by atoms with Crippen LogP contribution in [0.25, 0.3) is 0 Å². The van der Waals surface area contributed by atoms with Gasteiger partial charge >= 0.3 is 0 Å². The number of rotatable bonds is 0. The quantitative estimate of drug-likeness (QED) is 0.520. The van der Waals surface area contributed by atoms with Gasteiger partial charge in [-0.15, -0.1) is 5.11 Å². The molecule has 0 radical (unpaired) electrons. The van der Waals surface area contributed by atoms with E-state index in [4.69, 9.17) is 4.74 Å². The third-order valence-electron chi connectivity index (χ3n) is 1.25. The Morgan fingerprint density at radius 1 is 1.36 bits per heavy atom. The fourth-order valence-electron chi connectivity index (χ4n) is 0.800. The molecule has 0 saturated heterocycles. The summed E-state index contributed by atoms with van der Waals surface area (Å²) in [6, 6.07) is 0.490. The van der Waals surface area contributed by atoms with Gasteiger partial charge in [-0.25, -0.2) is 9.98 Å². The molecule has 0 unspecified atom stereocenters. The van der Waals surface area contributed by atoms with E-state index in [1.54, 1.807) is 0 Å². The van der Waals surface area contributed by atoms with Gasteiger partial charge in [0.25, 0.3) is 6.02 Å². The maximum atomic E-state index is 5.07. The molecule has 11 heavy (non-hydrogen) atoms. The molecule has 0 aromatic heterocycles. The maximum absolute atomic E-state index is 5.07. The zero-order valence-corrected chi connectivity index (χ0v) is 5.82. The van der Waals surface area contributed by atoms with Gasteiger partial charge in [0.05, 0.1) is 6.54 Å². The standard InChI is InChI=1S/C5H7N5O/c1-2-11-5(6-1)9-4-7-3-8-10-4/h1-3H2,(H,6,7,9). The van der Waals surface area contributed by atoms with Crippen LogP contribution in [0.3, 0.4) is 0 Å². The molecule has 0 fully saturated rings. The summed E-state index contributed by atoms with van der Waals surface area (Å²) in [5, 5.41) is 10.2. The highest BCUT2D eigenvalue weighted by atomic mass is 16.5. The third-order valence-corrected chi connectivity index (χ3v) is 1.25. The number of hydrogen-bond acceptors (Lipinski definition) is 6. The number of nitrogens with one attached hydrogen (secondary N) is 1. The molecule has 0 amide bonds. The highest BCUT2D eigenvalue weighted by Crippen LogP contribution is 1.95. The first-order valence-corrected chi connectivity index (χ1v) is 3.31. The van der Waals surface area contributed by atoms with E-state index < -0.39 is 0 Å². The minimum atomic E-state index is 0.398. The van der Waals surface area contributed by atoms with Crippen LogP contribution in [0.4, 0.5) is 0 Å². The second kappa shape index (κ2) is 2.65. The highest BCUT2D eigenvalue weighted by molar-refractivity contribution is 5.97. The van der Waals surface area contributed by atoms with Crippen LogP contribution < -0.4 is 5.32 Å². The molecule has 2 aliphatic rings. The zero-order valence-electron chi connectivity index (χ0n) is 5.82. The minimum Gasteiger partial charge on any atom is -0.463 e. The smallest absolute Gasteiger partial charge is 0.291 e. The van der Waals surface area contributed by atoms with Crippen LogP contribution in [-0.2, 0) is 4.74 Å². The molecular formula is C5H7N5O. The zero-order chi connectivity index (χ0) is 7.52. The lowest BCUT2D eigenvalue weighted by Crippen LogP contribution is -2.28. The Balaban J connectivity index is 1.94. The van der Waals surface area contributed by atoms with E-state index >= 15 is 0 Å². The van der Waals surface area contributed by atoms with Gasteiger partial charge in [-0.05, 0) is 0 Å².